The molecule has 1 saturated carbocycles. The van der Waals surface area contributed by atoms with Crippen molar-refractivity contribution in [3.8, 4) is 0 Å². The Morgan fingerprint density at radius 3 is 2.40 bits per heavy atom. The van der Waals surface area contributed by atoms with Crippen LogP contribution in [0.25, 0.3) is 0 Å². The molecular weight excluding hydrogens is 194 g/mol. The number of hydrogen-bond acceptors (Lipinski definition) is 2. The number of carboxylic acids is 1. The van der Waals surface area contributed by atoms with Gasteiger partial charge in [0, 0.05) is 6.42 Å². The molecule has 0 saturated heterocycles. The monoisotopic (exact) mass is 213 g/mol. The molecule has 1 aliphatic carbocycles. The van der Waals surface area contributed by atoms with Gasteiger partial charge in [-0.05, 0) is 18.8 Å². The molecule has 1 atom stereocenters. The molecule has 0 heterocycles. The van der Waals surface area contributed by atoms with Crippen LogP contribution in [0.2, 0.25) is 0 Å². The summed E-state index contributed by atoms with van der Waals surface area (Å²) in [4.78, 5) is 22.2. The van der Waals surface area contributed by atoms with Gasteiger partial charge in [-0.15, -0.1) is 0 Å². The van der Waals surface area contributed by atoms with Crippen LogP contribution in [0.1, 0.15) is 45.4 Å². The molecule has 1 unspecified atom stereocenters. The zero-order chi connectivity index (χ0) is 11.3. The zero-order valence-electron chi connectivity index (χ0n) is 9.16. The van der Waals surface area contributed by atoms with Gasteiger partial charge in [0.05, 0.1) is 0 Å². The Hall–Kier alpha value is -1.06. The lowest BCUT2D eigenvalue weighted by molar-refractivity contribution is -0.143. The van der Waals surface area contributed by atoms with Gasteiger partial charge >= 0.3 is 5.97 Å². The minimum Gasteiger partial charge on any atom is -0.480 e. The Morgan fingerprint density at radius 2 is 1.93 bits per heavy atom. The van der Waals surface area contributed by atoms with E-state index < -0.39 is 12.0 Å². The van der Waals surface area contributed by atoms with E-state index in [-0.39, 0.29) is 11.8 Å². The third kappa shape index (κ3) is 3.53. The lowest BCUT2D eigenvalue weighted by Crippen LogP contribution is -2.46. The van der Waals surface area contributed by atoms with Crippen molar-refractivity contribution in [2.24, 2.45) is 5.92 Å². The van der Waals surface area contributed by atoms with Gasteiger partial charge < -0.3 is 10.4 Å². The van der Waals surface area contributed by atoms with Gasteiger partial charge in [-0.2, -0.15) is 0 Å². The summed E-state index contributed by atoms with van der Waals surface area (Å²) < 4.78 is 0. The largest absolute Gasteiger partial charge is 0.480 e. The van der Waals surface area contributed by atoms with E-state index in [2.05, 4.69) is 5.32 Å². The minimum absolute atomic E-state index is 0.117. The van der Waals surface area contributed by atoms with E-state index in [0.717, 1.165) is 25.7 Å². The maximum Gasteiger partial charge on any atom is 0.326 e. The van der Waals surface area contributed by atoms with Gasteiger partial charge in [0.25, 0.3) is 0 Å². The highest BCUT2D eigenvalue weighted by atomic mass is 16.4. The van der Waals surface area contributed by atoms with Gasteiger partial charge in [-0.3, -0.25) is 4.79 Å². The summed E-state index contributed by atoms with van der Waals surface area (Å²) >= 11 is 0. The number of carbonyl (C=O) groups excluding carboxylic acids is 1. The van der Waals surface area contributed by atoms with Crippen LogP contribution in [0.15, 0.2) is 0 Å². The van der Waals surface area contributed by atoms with Crippen molar-refractivity contribution in [2.45, 2.75) is 51.5 Å². The molecule has 0 aromatic carbocycles. The molecule has 1 amide bonds. The van der Waals surface area contributed by atoms with Crippen molar-refractivity contribution in [2.75, 3.05) is 0 Å². The van der Waals surface area contributed by atoms with Gasteiger partial charge in [-0.25, -0.2) is 4.79 Å². The molecule has 0 radical (unpaired) electrons. The van der Waals surface area contributed by atoms with E-state index in [1.54, 1.807) is 6.92 Å². The van der Waals surface area contributed by atoms with Crippen LogP contribution in [0.4, 0.5) is 0 Å². The standard InChI is InChI=1S/C11H19NO3/c1-2-9(13)12-10(11(14)15)8-6-4-3-5-7-8/h8,10H,2-7H2,1H3,(H,12,13)(H,14,15). The first-order valence-electron chi connectivity index (χ1n) is 5.67. The highest BCUT2D eigenvalue weighted by molar-refractivity contribution is 5.83. The van der Waals surface area contributed by atoms with Crippen LogP contribution in [0.5, 0.6) is 0 Å². The van der Waals surface area contributed by atoms with Crippen LogP contribution in [0, 0.1) is 5.92 Å². The average molecular weight is 213 g/mol. The summed E-state index contributed by atoms with van der Waals surface area (Å²) in [6.45, 7) is 1.73. The Labute approximate surface area is 90.0 Å². The molecule has 0 aromatic rings. The molecule has 0 aromatic heterocycles. The van der Waals surface area contributed by atoms with Crippen LogP contribution in [-0.4, -0.2) is 23.0 Å². The fraction of sp³-hybridized carbons (Fsp3) is 0.818. The Bertz CT molecular complexity index is 234. The van der Waals surface area contributed by atoms with Crippen LogP contribution in [0.3, 0.4) is 0 Å². The molecule has 0 bridgehead atoms. The van der Waals surface area contributed by atoms with Crippen molar-refractivity contribution >= 4 is 11.9 Å². The Morgan fingerprint density at radius 1 is 1.33 bits per heavy atom. The number of carboxylic acid groups (broad SMARTS) is 1. The molecule has 0 aliphatic heterocycles. The van der Waals surface area contributed by atoms with Crippen molar-refractivity contribution in [1.29, 1.82) is 0 Å². The molecule has 1 fully saturated rings. The molecule has 86 valence electrons. The molecular formula is C11H19NO3. The lowest BCUT2D eigenvalue weighted by atomic mass is 9.84. The second-order valence-electron chi connectivity index (χ2n) is 4.14. The third-order valence-electron chi connectivity index (χ3n) is 3.02. The summed E-state index contributed by atoms with van der Waals surface area (Å²) in [7, 11) is 0. The zero-order valence-corrected chi connectivity index (χ0v) is 9.16. The van der Waals surface area contributed by atoms with Crippen molar-refractivity contribution in [3.63, 3.8) is 0 Å². The molecule has 1 rings (SSSR count). The quantitative estimate of drug-likeness (QED) is 0.744. The van der Waals surface area contributed by atoms with Crippen LogP contribution >= 0.6 is 0 Å². The van der Waals surface area contributed by atoms with E-state index in [1.165, 1.54) is 6.42 Å². The second kappa shape index (κ2) is 5.73. The maximum absolute atomic E-state index is 11.2. The summed E-state index contributed by atoms with van der Waals surface area (Å²) in [6.07, 6.45) is 5.52. The second-order valence-corrected chi connectivity index (χ2v) is 4.14. The number of carbonyl (C=O) groups is 2. The minimum atomic E-state index is -0.899. The number of rotatable bonds is 4. The van der Waals surface area contributed by atoms with Gasteiger partial charge in [-0.1, -0.05) is 26.2 Å². The number of amides is 1. The first kappa shape index (κ1) is 12.0. The fourth-order valence-corrected chi connectivity index (χ4v) is 2.12. The van der Waals surface area contributed by atoms with E-state index in [4.69, 9.17) is 5.11 Å². The summed E-state index contributed by atoms with van der Waals surface area (Å²) in [5, 5.41) is 11.7. The predicted molar refractivity (Wildman–Crippen MR) is 56.4 cm³/mol. The van der Waals surface area contributed by atoms with Crippen molar-refractivity contribution < 1.29 is 14.7 Å². The van der Waals surface area contributed by atoms with Gasteiger partial charge in [0.1, 0.15) is 6.04 Å². The van der Waals surface area contributed by atoms with E-state index in [1.807, 2.05) is 0 Å². The predicted octanol–water partition coefficient (Wildman–Crippen LogP) is 1.55. The average Bonchev–Trinajstić information content (AvgIpc) is 2.26. The van der Waals surface area contributed by atoms with Crippen molar-refractivity contribution in [3.05, 3.63) is 0 Å². The Balaban J connectivity index is 2.55. The SMILES string of the molecule is CCC(=O)NC(C(=O)O)C1CCCCC1. The number of aliphatic carboxylic acids is 1. The van der Waals surface area contributed by atoms with E-state index >= 15 is 0 Å². The van der Waals surface area contributed by atoms with Crippen LogP contribution in [-0.2, 0) is 9.59 Å². The lowest BCUT2D eigenvalue weighted by Gasteiger charge is -2.27. The van der Waals surface area contributed by atoms with Crippen LogP contribution < -0.4 is 5.32 Å². The third-order valence-corrected chi connectivity index (χ3v) is 3.02. The number of hydrogen-bond donors (Lipinski definition) is 2. The summed E-state index contributed by atoms with van der Waals surface area (Å²) in [6, 6.07) is -0.683. The molecule has 2 N–H and O–H groups in total. The highest BCUT2D eigenvalue weighted by Gasteiger charge is 2.30. The topological polar surface area (TPSA) is 66.4 Å². The summed E-state index contributed by atoms with van der Waals surface area (Å²) in [5.74, 6) is -0.955. The highest BCUT2D eigenvalue weighted by Crippen LogP contribution is 2.26. The first-order valence-corrected chi connectivity index (χ1v) is 5.67. The van der Waals surface area contributed by atoms with Gasteiger partial charge in [0.15, 0.2) is 0 Å². The smallest absolute Gasteiger partial charge is 0.326 e. The first-order chi connectivity index (χ1) is 7.15. The Kier molecular flexibility index (Phi) is 4.59. The maximum atomic E-state index is 11.2. The molecule has 4 nitrogen and oxygen atoms in total. The van der Waals surface area contributed by atoms with Gasteiger partial charge in [0.2, 0.25) is 5.91 Å². The number of nitrogens with one attached hydrogen (secondary N) is 1. The van der Waals surface area contributed by atoms with E-state index in [9.17, 15) is 9.59 Å². The van der Waals surface area contributed by atoms with E-state index in [0.29, 0.717) is 6.42 Å². The molecule has 15 heavy (non-hydrogen) atoms. The molecule has 4 heteroatoms. The molecule has 0 spiro atoms. The fourth-order valence-electron chi connectivity index (χ4n) is 2.12. The summed E-state index contributed by atoms with van der Waals surface area (Å²) in [5.41, 5.74) is 0. The normalized spacial score (nSPS) is 19.5. The molecule has 1 aliphatic rings. The van der Waals surface area contributed by atoms with Crippen molar-refractivity contribution in [1.82, 2.24) is 5.32 Å².